The third-order valence-corrected chi connectivity index (χ3v) is 3.12. The van der Waals surface area contributed by atoms with Crippen molar-refractivity contribution in [3.05, 3.63) is 11.9 Å². The molecule has 0 aliphatic heterocycles. The fourth-order valence-corrected chi connectivity index (χ4v) is 2.10. The highest BCUT2D eigenvalue weighted by Crippen LogP contribution is 2.22. The van der Waals surface area contributed by atoms with E-state index in [1.807, 2.05) is 0 Å². The number of nitrogens with one attached hydrogen (secondary N) is 1. The van der Waals surface area contributed by atoms with Crippen LogP contribution < -0.4 is 10.2 Å². The van der Waals surface area contributed by atoms with E-state index in [0.717, 1.165) is 49.8 Å². The van der Waals surface area contributed by atoms with Crippen molar-refractivity contribution in [2.45, 2.75) is 27.2 Å². The van der Waals surface area contributed by atoms with Gasteiger partial charge in [-0.15, -0.1) is 0 Å². The number of nitrogens with zero attached hydrogens (tertiary/aromatic N) is 4. The first-order chi connectivity index (χ1) is 9.10. The van der Waals surface area contributed by atoms with Gasteiger partial charge in [-0.3, -0.25) is 0 Å². The smallest absolute Gasteiger partial charge is 0.137 e. The van der Waals surface area contributed by atoms with Crippen LogP contribution in [0.3, 0.4) is 0 Å². The number of aromatic nitrogens is 2. The lowest BCUT2D eigenvalue weighted by Gasteiger charge is -2.25. The van der Waals surface area contributed by atoms with Crippen molar-refractivity contribution in [1.82, 2.24) is 14.9 Å². The molecule has 0 atom stereocenters. The van der Waals surface area contributed by atoms with Crippen molar-refractivity contribution >= 4 is 11.6 Å². The second-order valence-electron chi connectivity index (χ2n) is 4.94. The van der Waals surface area contributed by atoms with Crippen molar-refractivity contribution in [3.63, 3.8) is 0 Å². The second kappa shape index (κ2) is 7.94. The van der Waals surface area contributed by atoms with Crippen LogP contribution in [0.25, 0.3) is 0 Å². The van der Waals surface area contributed by atoms with Crippen LogP contribution in [-0.4, -0.2) is 55.1 Å². The summed E-state index contributed by atoms with van der Waals surface area (Å²) >= 11 is 0. The van der Waals surface area contributed by atoms with E-state index in [2.05, 4.69) is 60.0 Å². The molecule has 0 radical (unpaired) electrons. The molecule has 0 bridgehead atoms. The zero-order chi connectivity index (χ0) is 14.3. The second-order valence-corrected chi connectivity index (χ2v) is 4.94. The van der Waals surface area contributed by atoms with E-state index in [4.69, 9.17) is 0 Å². The van der Waals surface area contributed by atoms with Crippen LogP contribution in [0.4, 0.5) is 11.6 Å². The Morgan fingerprint density at radius 2 is 1.89 bits per heavy atom. The Hall–Kier alpha value is -1.36. The predicted octanol–water partition coefficient (Wildman–Crippen LogP) is 1.99. The Bertz CT molecular complexity index is 378. The normalized spacial score (nSPS) is 10.8. The molecule has 0 unspecified atom stereocenters. The van der Waals surface area contributed by atoms with Crippen LogP contribution in [0.15, 0.2) is 6.33 Å². The van der Waals surface area contributed by atoms with E-state index in [1.165, 1.54) is 0 Å². The van der Waals surface area contributed by atoms with E-state index >= 15 is 0 Å². The average molecular weight is 265 g/mol. The number of anilines is 2. The molecular formula is C14H27N5. The molecule has 0 spiro atoms. The molecule has 0 aliphatic carbocycles. The van der Waals surface area contributed by atoms with E-state index in [1.54, 1.807) is 6.33 Å². The van der Waals surface area contributed by atoms with E-state index < -0.39 is 0 Å². The fraction of sp³-hybridized carbons (Fsp3) is 0.714. The molecule has 0 amide bonds. The van der Waals surface area contributed by atoms with Crippen LogP contribution in [0.2, 0.25) is 0 Å². The zero-order valence-corrected chi connectivity index (χ0v) is 12.9. The van der Waals surface area contributed by atoms with Gasteiger partial charge in [-0.2, -0.15) is 0 Å². The first kappa shape index (κ1) is 15.7. The molecule has 1 aromatic rings. The van der Waals surface area contributed by atoms with Crippen molar-refractivity contribution in [2.24, 2.45) is 0 Å². The summed E-state index contributed by atoms with van der Waals surface area (Å²) in [4.78, 5) is 13.3. The lowest BCUT2D eigenvalue weighted by Crippen LogP contribution is -2.28. The lowest BCUT2D eigenvalue weighted by molar-refractivity contribution is 0.400. The van der Waals surface area contributed by atoms with E-state index in [9.17, 15) is 0 Å². The highest BCUT2D eigenvalue weighted by atomic mass is 15.2. The third-order valence-electron chi connectivity index (χ3n) is 3.12. The SMILES string of the molecule is CCNc1ncnc(N(CC)CCCN(C)C)c1C. The minimum absolute atomic E-state index is 0.879. The minimum Gasteiger partial charge on any atom is -0.370 e. The maximum atomic E-state index is 4.45. The summed E-state index contributed by atoms with van der Waals surface area (Å²) in [5.74, 6) is 1.99. The average Bonchev–Trinajstić information content (AvgIpc) is 2.38. The van der Waals surface area contributed by atoms with Crippen LogP contribution in [0, 0.1) is 6.92 Å². The highest BCUT2D eigenvalue weighted by Gasteiger charge is 2.12. The largest absolute Gasteiger partial charge is 0.370 e. The first-order valence-corrected chi connectivity index (χ1v) is 7.05. The Morgan fingerprint density at radius 3 is 2.47 bits per heavy atom. The summed E-state index contributed by atoms with van der Waals surface area (Å²) in [7, 11) is 4.21. The van der Waals surface area contributed by atoms with Gasteiger partial charge in [-0.1, -0.05) is 0 Å². The van der Waals surface area contributed by atoms with E-state index in [-0.39, 0.29) is 0 Å². The van der Waals surface area contributed by atoms with Gasteiger partial charge in [-0.05, 0) is 47.8 Å². The third kappa shape index (κ3) is 4.67. The van der Waals surface area contributed by atoms with Gasteiger partial charge in [-0.25, -0.2) is 9.97 Å². The monoisotopic (exact) mass is 265 g/mol. The summed E-state index contributed by atoms with van der Waals surface area (Å²) in [6.07, 6.45) is 2.79. The summed E-state index contributed by atoms with van der Waals surface area (Å²) < 4.78 is 0. The van der Waals surface area contributed by atoms with Crippen LogP contribution >= 0.6 is 0 Å². The van der Waals surface area contributed by atoms with Crippen molar-refractivity contribution in [3.8, 4) is 0 Å². The van der Waals surface area contributed by atoms with Gasteiger partial charge in [0.1, 0.15) is 18.0 Å². The standard InChI is InChI=1S/C14H27N5/c1-6-15-13-12(3)14(17-11-16-13)19(7-2)10-8-9-18(4)5/h11H,6-10H2,1-5H3,(H,15,16,17). The maximum absolute atomic E-state index is 4.45. The Morgan fingerprint density at radius 1 is 1.16 bits per heavy atom. The summed E-state index contributed by atoms with van der Waals surface area (Å²) in [5.41, 5.74) is 1.14. The van der Waals surface area contributed by atoms with Gasteiger partial charge < -0.3 is 15.1 Å². The molecule has 0 saturated carbocycles. The fourth-order valence-electron chi connectivity index (χ4n) is 2.10. The lowest BCUT2D eigenvalue weighted by atomic mass is 10.2. The Labute approximate surface area is 117 Å². The number of rotatable bonds is 8. The molecule has 1 rings (SSSR count). The van der Waals surface area contributed by atoms with Gasteiger partial charge in [0.2, 0.25) is 0 Å². The molecule has 1 aromatic heterocycles. The van der Waals surface area contributed by atoms with Crippen LogP contribution in [-0.2, 0) is 0 Å². The molecule has 0 aromatic carbocycles. The van der Waals surface area contributed by atoms with Crippen molar-refractivity contribution in [2.75, 3.05) is 50.5 Å². The molecule has 0 aliphatic rings. The predicted molar refractivity (Wildman–Crippen MR) is 82.0 cm³/mol. The Balaban J connectivity index is 2.77. The molecule has 0 saturated heterocycles. The van der Waals surface area contributed by atoms with Gasteiger partial charge in [0.05, 0.1) is 0 Å². The van der Waals surface area contributed by atoms with Crippen LogP contribution in [0.1, 0.15) is 25.8 Å². The maximum Gasteiger partial charge on any atom is 0.137 e. The van der Waals surface area contributed by atoms with Gasteiger partial charge in [0, 0.05) is 25.2 Å². The van der Waals surface area contributed by atoms with Gasteiger partial charge >= 0.3 is 0 Å². The molecule has 19 heavy (non-hydrogen) atoms. The number of hydrogen-bond acceptors (Lipinski definition) is 5. The molecule has 1 heterocycles. The Kier molecular flexibility index (Phi) is 6.56. The number of hydrogen-bond donors (Lipinski definition) is 1. The molecule has 5 heteroatoms. The van der Waals surface area contributed by atoms with Crippen LogP contribution in [0.5, 0.6) is 0 Å². The topological polar surface area (TPSA) is 44.3 Å². The summed E-state index contributed by atoms with van der Waals surface area (Å²) in [6, 6.07) is 0. The summed E-state index contributed by atoms with van der Waals surface area (Å²) in [5, 5.41) is 3.28. The van der Waals surface area contributed by atoms with Crippen molar-refractivity contribution in [1.29, 1.82) is 0 Å². The molecule has 108 valence electrons. The highest BCUT2D eigenvalue weighted by molar-refractivity contribution is 5.57. The zero-order valence-electron chi connectivity index (χ0n) is 12.9. The molecule has 5 nitrogen and oxygen atoms in total. The van der Waals surface area contributed by atoms with Crippen molar-refractivity contribution < 1.29 is 0 Å². The first-order valence-electron chi connectivity index (χ1n) is 7.05. The molecular weight excluding hydrogens is 238 g/mol. The summed E-state index contributed by atoms with van der Waals surface area (Å²) in [6.45, 7) is 10.3. The van der Waals surface area contributed by atoms with Gasteiger partial charge in [0.25, 0.3) is 0 Å². The van der Waals surface area contributed by atoms with E-state index in [0.29, 0.717) is 0 Å². The molecule has 0 fully saturated rings. The minimum atomic E-state index is 0.879. The quantitative estimate of drug-likeness (QED) is 0.779. The molecule has 1 N–H and O–H groups in total. The van der Waals surface area contributed by atoms with Gasteiger partial charge in [0.15, 0.2) is 0 Å².